The van der Waals surface area contributed by atoms with E-state index in [0.29, 0.717) is 0 Å². The molecule has 0 amide bonds. The summed E-state index contributed by atoms with van der Waals surface area (Å²) >= 11 is 0. The average molecular weight is 99.2 g/mol. The topological polar surface area (TPSA) is 12.4 Å². The zero-order valence-electron chi connectivity index (χ0n) is 5.36. The lowest BCUT2D eigenvalue weighted by molar-refractivity contribution is 0.985. The maximum atomic E-state index is 3.99. The van der Waals surface area contributed by atoms with Crippen LogP contribution in [0.5, 0.6) is 0 Å². The SMILES string of the molecule is CCC/C(C)=N\C. The quantitative estimate of drug-likeness (QED) is 0.469. The third-order valence-electron chi connectivity index (χ3n) is 0.994. The van der Waals surface area contributed by atoms with Crippen molar-refractivity contribution in [3.63, 3.8) is 0 Å². The Morgan fingerprint density at radius 3 is 2.29 bits per heavy atom. The Morgan fingerprint density at radius 1 is 1.57 bits per heavy atom. The molecule has 0 atom stereocenters. The second-order valence-electron chi connectivity index (χ2n) is 1.71. The molecule has 0 aliphatic heterocycles. The van der Waals surface area contributed by atoms with Gasteiger partial charge in [0.1, 0.15) is 0 Å². The fourth-order valence-corrected chi connectivity index (χ4v) is 0.474. The van der Waals surface area contributed by atoms with Crippen LogP contribution in [0.4, 0.5) is 0 Å². The number of hydrogen-bond donors (Lipinski definition) is 0. The van der Waals surface area contributed by atoms with Crippen LogP contribution in [0.25, 0.3) is 0 Å². The van der Waals surface area contributed by atoms with Crippen LogP contribution < -0.4 is 0 Å². The van der Waals surface area contributed by atoms with Gasteiger partial charge in [0.15, 0.2) is 0 Å². The Balaban J connectivity index is 3.17. The van der Waals surface area contributed by atoms with Gasteiger partial charge in [-0.3, -0.25) is 4.99 Å². The summed E-state index contributed by atoms with van der Waals surface area (Å²) in [6.07, 6.45) is 2.36. The van der Waals surface area contributed by atoms with Crippen molar-refractivity contribution in [2.24, 2.45) is 4.99 Å². The van der Waals surface area contributed by atoms with Gasteiger partial charge in [-0.25, -0.2) is 0 Å². The lowest BCUT2D eigenvalue weighted by Gasteiger charge is -1.89. The van der Waals surface area contributed by atoms with E-state index in [1.54, 1.807) is 0 Å². The molecule has 0 aliphatic carbocycles. The van der Waals surface area contributed by atoms with E-state index in [-0.39, 0.29) is 0 Å². The van der Waals surface area contributed by atoms with E-state index < -0.39 is 0 Å². The maximum Gasteiger partial charge on any atom is 0.0276 e. The Morgan fingerprint density at radius 2 is 2.14 bits per heavy atom. The van der Waals surface area contributed by atoms with Crippen LogP contribution in [0.1, 0.15) is 26.7 Å². The molecule has 0 aromatic carbocycles. The minimum Gasteiger partial charge on any atom is -0.298 e. The summed E-state index contributed by atoms with van der Waals surface area (Å²) in [5.74, 6) is 0. The first-order chi connectivity index (χ1) is 3.31. The normalized spacial score (nSPS) is 12.1. The molecule has 42 valence electrons. The van der Waals surface area contributed by atoms with Crippen molar-refractivity contribution in [3.8, 4) is 0 Å². The fourth-order valence-electron chi connectivity index (χ4n) is 0.474. The molecule has 0 fully saturated rings. The highest BCUT2D eigenvalue weighted by atomic mass is 14.7. The van der Waals surface area contributed by atoms with E-state index >= 15 is 0 Å². The van der Waals surface area contributed by atoms with Gasteiger partial charge in [-0.15, -0.1) is 0 Å². The molecule has 0 N–H and O–H groups in total. The second-order valence-corrected chi connectivity index (χ2v) is 1.71. The van der Waals surface area contributed by atoms with Gasteiger partial charge < -0.3 is 0 Å². The molecule has 0 saturated heterocycles. The van der Waals surface area contributed by atoms with Gasteiger partial charge in [-0.2, -0.15) is 0 Å². The predicted molar refractivity (Wildman–Crippen MR) is 33.9 cm³/mol. The van der Waals surface area contributed by atoms with E-state index in [1.165, 1.54) is 12.1 Å². The van der Waals surface area contributed by atoms with Gasteiger partial charge in [0.05, 0.1) is 0 Å². The first kappa shape index (κ1) is 6.67. The van der Waals surface area contributed by atoms with Crippen LogP contribution in [-0.4, -0.2) is 12.8 Å². The van der Waals surface area contributed by atoms with Crippen LogP contribution >= 0.6 is 0 Å². The zero-order valence-corrected chi connectivity index (χ0v) is 5.36. The summed E-state index contributed by atoms with van der Waals surface area (Å²) in [6, 6.07) is 0. The highest BCUT2D eigenvalue weighted by molar-refractivity contribution is 5.81. The summed E-state index contributed by atoms with van der Waals surface area (Å²) in [6.45, 7) is 4.22. The Bertz CT molecular complexity index is 64.6. The lowest BCUT2D eigenvalue weighted by Crippen LogP contribution is -1.86. The van der Waals surface area contributed by atoms with Crippen molar-refractivity contribution < 1.29 is 0 Å². The molecule has 0 unspecified atom stereocenters. The molecule has 0 spiro atoms. The van der Waals surface area contributed by atoms with Crippen molar-refractivity contribution in [1.29, 1.82) is 0 Å². The monoisotopic (exact) mass is 99.1 g/mol. The van der Waals surface area contributed by atoms with Crippen LogP contribution in [-0.2, 0) is 0 Å². The molecule has 0 aromatic heterocycles. The molecule has 0 bridgehead atoms. The van der Waals surface area contributed by atoms with Crippen molar-refractivity contribution in [3.05, 3.63) is 0 Å². The largest absolute Gasteiger partial charge is 0.298 e. The molecule has 1 nitrogen and oxygen atoms in total. The first-order valence-corrected chi connectivity index (χ1v) is 2.73. The van der Waals surface area contributed by atoms with Crippen LogP contribution in [0.2, 0.25) is 0 Å². The minimum atomic E-state index is 1.15. The highest BCUT2D eigenvalue weighted by Gasteiger charge is 1.81. The van der Waals surface area contributed by atoms with Gasteiger partial charge in [-0.05, 0) is 13.3 Å². The van der Waals surface area contributed by atoms with Gasteiger partial charge in [0, 0.05) is 12.8 Å². The summed E-state index contributed by atoms with van der Waals surface area (Å²) in [4.78, 5) is 3.99. The molecule has 1 heteroatoms. The van der Waals surface area contributed by atoms with E-state index in [1.807, 2.05) is 7.05 Å². The fraction of sp³-hybridized carbons (Fsp3) is 0.833. The molecule has 0 aromatic rings. The van der Waals surface area contributed by atoms with Crippen LogP contribution in [0.15, 0.2) is 4.99 Å². The van der Waals surface area contributed by atoms with Crippen LogP contribution in [0, 0.1) is 0 Å². The summed E-state index contributed by atoms with van der Waals surface area (Å²) in [5, 5.41) is 0. The van der Waals surface area contributed by atoms with Crippen molar-refractivity contribution in [2.45, 2.75) is 26.7 Å². The Kier molecular flexibility index (Phi) is 3.67. The van der Waals surface area contributed by atoms with E-state index in [9.17, 15) is 0 Å². The van der Waals surface area contributed by atoms with Crippen molar-refractivity contribution in [1.82, 2.24) is 0 Å². The summed E-state index contributed by atoms with van der Waals surface area (Å²) in [7, 11) is 1.84. The van der Waals surface area contributed by atoms with E-state index in [4.69, 9.17) is 0 Å². The van der Waals surface area contributed by atoms with Gasteiger partial charge >= 0.3 is 0 Å². The maximum absolute atomic E-state index is 3.99. The van der Waals surface area contributed by atoms with E-state index in [2.05, 4.69) is 18.8 Å². The third kappa shape index (κ3) is 3.50. The van der Waals surface area contributed by atoms with Crippen LogP contribution in [0.3, 0.4) is 0 Å². The average Bonchev–Trinajstić information content (AvgIpc) is 1.68. The Labute approximate surface area is 45.5 Å². The number of nitrogens with zero attached hydrogens (tertiary/aromatic N) is 1. The third-order valence-corrected chi connectivity index (χ3v) is 0.994. The molecule has 0 aliphatic rings. The summed E-state index contributed by atoms with van der Waals surface area (Å²) < 4.78 is 0. The van der Waals surface area contributed by atoms with Gasteiger partial charge in [0.25, 0.3) is 0 Å². The Hall–Kier alpha value is -0.330. The molecule has 0 rings (SSSR count). The number of rotatable bonds is 2. The minimum absolute atomic E-state index is 1.15. The summed E-state index contributed by atoms with van der Waals surface area (Å²) in [5.41, 5.74) is 1.25. The standard InChI is InChI=1S/C6H13N/c1-4-5-6(2)7-3/h4-5H2,1-3H3/b7-6-. The van der Waals surface area contributed by atoms with Crippen molar-refractivity contribution >= 4 is 5.71 Å². The van der Waals surface area contributed by atoms with Gasteiger partial charge in [0.2, 0.25) is 0 Å². The van der Waals surface area contributed by atoms with Gasteiger partial charge in [-0.1, -0.05) is 13.3 Å². The van der Waals surface area contributed by atoms with E-state index in [0.717, 1.165) is 6.42 Å². The molecule has 0 radical (unpaired) electrons. The molecular formula is C6H13N. The number of aliphatic imine (C=N–C) groups is 1. The number of hydrogen-bond acceptors (Lipinski definition) is 1. The molecule has 0 heterocycles. The lowest BCUT2D eigenvalue weighted by atomic mass is 10.2. The van der Waals surface area contributed by atoms with Crippen molar-refractivity contribution in [2.75, 3.05) is 7.05 Å². The highest BCUT2D eigenvalue weighted by Crippen LogP contribution is 1.88. The zero-order chi connectivity index (χ0) is 5.70. The predicted octanol–water partition coefficient (Wildman–Crippen LogP) is 1.88. The molecule has 0 saturated carbocycles. The smallest absolute Gasteiger partial charge is 0.0276 e. The molecule has 7 heavy (non-hydrogen) atoms. The first-order valence-electron chi connectivity index (χ1n) is 2.73. The molecular weight excluding hydrogens is 86.1 g/mol. The second kappa shape index (κ2) is 3.85.